The predicted octanol–water partition coefficient (Wildman–Crippen LogP) is 22.1. The van der Waals surface area contributed by atoms with Crippen molar-refractivity contribution in [2.45, 2.75) is 38.5 Å². The average Bonchev–Trinajstić information content (AvgIpc) is 3.58. The zero-order valence-electron chi connectivity index (χ0n) is 45.6. The van der Waals surface area contributed by atoms with Crippen molar-refractivity contribution in [1.82, 2.24) is 9.55 Å². The number of halogens is 1. The normalized spacial score (nSPS) is 13.7. The summed E-state index contributed by atoms with van der Waals surface area (Å²) in [4.78, 5) is 3.38. The van der Waals surface area contributed by atoms with Gasteiger partial charge in [-0.25, -0.2) is 0 Å². The van der Waals surface area contributed by atoms with Crippen LogP contribution in [0.15, 0.2) is 259 Å². The third-order valence-electron chi connectivity index (χ3n) is 18.3. The van der Waals surface area contributed by atoms with Gasteiger partial charge in [-0.1, -0.05) is 226 Å². The molecule has 0 spiro atoms. The SMILES string of the molecule is CC1(C)c2ccc(-n3c4ccccc4c4ccccc43)cc2-c2cc3c4ccccc4c4ccccc4c3cc21.CC1(C)c2ccc(Br)cc2-c2cc3c4ccccc4c4ccccc4c3cc21.c1ccc2c(c1)[nH]c1ccccc12. The van der Waals surface area contributed by atoms with Crippen LogP contribution in [0, 0.1) is 0 Å². The van der Waals surface area contributed by atoms with E-state index in [4.69, 9.17) is 0 Å². The van der Waals surface area contributed by atoms with E-state index in [1.54, 1.807) is 0 Å². The van der Waals surface area contributed by atoms with Crippen molar-refractivity contribution >= 4 is 124 Å². The third kappa shape index (κ3) is 7.11. The van der Waals surface area contributed by atoms with E-state index in [1.807, 2.05) is 0 Å². The van der Waals surface area contributed by atoms with Crippen LogP contribution in [0.1, 0.15) is 49.9 Å². The molecule has 14 aromatic carbocycles. The van der Waals surface area contributed by atoms with Crippen molar-refractivity contribution in [3.63, 3.8) is 0 Å². The number of nitrogens with one attached hydrogen (secondary N) is 1. The second-order valence-corrected chi connectivity index (χ2v) is 24.2. The minimum atomic E-state index is -0.0784. The van der Waals surface area contributed by atoms with Gasteiger partial charge in [-0.05, 0) is 182 Å². The second-order valence-electron chi connectivity index (χ2n) is 23.3. The Bertz CT molecular complexity index is 5220. The molecule has 0 unspecified atom stereocenters. The summed E-state index contributed by atoms with van der Waals surface area (Å²) in [5, 5.41) is 21.2. The quantitative estimate of drug-likeness (QED) is 0.158. The number of hydrogen-bond donors (Lipinski definition) is 1. The third-order valence-corrected chi connectivity index (χ3v) is 18.8. The molecule has 0 amide bonds. The lowest BCUT2D eigenvalue weighted by atomic mass is 9.81. The van der Waals surface area contributed by atoms with E-state index in [9.17, 15) is 0 Å². The number of para-hydroxylation sites is 4. The van der Waals surface area contributed by atoms with Gasteiger partial charge in [0.15, 0.2) is 0 Å². The maximum atomic E-state index is 3.68. The van der Waals surface area contributed by atoms with Gasteiger partial charge >= 0.3 is 0 Å². The molecule has 0 saturated carbocycles. The number of aromatic amines is 1. The van der Waals surface area contributed by atoms with Crippen LogP contribution in [0.3, 0.4) is 0 Å². The first kappa shape index (κ1) is 47.7. The molecule has 2 aliphatic carbocycles. The topological polar surface area (TPSA) is 20.7 Å². The molecule has 1 N–H and O–H groups in total. The molecule has 3 heteroatoms. The molecule has 2 aliphatic rings. The van der Waals surface area contributed by atoms with Crippen molar-refractivity contribution in [2.24, 2.45) is 0 Å². The predicted molar refractivity (Wildman–Crippen MR) is 351 cm³/mol. The first-order chi connectivity index (χ1) is 39.6. The number of benzene rings is 14. The summed E-state index contributed by atoms with van der Waals surface area (Å²) in [6.45, 7) is 9.46. The van der Waals surface area contributed by atoms with Gasteiger partial charge in [0.1, 0.15) is 0 Å². The Morgan fingerprint density at radius 1 is 0.272 bits per heavy atom. The fourth-order valence-electron chi connectivity index (χ4n) is 14.4. The van der Waals surface area contributed by atoms with E-state index in [-0.39, 0.29) is 10.8 Å². The van der Waals surface area contributed by atoms with Crippen molar-refractivity contribution in [3.05, 3.63) is 282 Å². The van der Waals surface area contributed by atoms with Crippen LogP contribution < -0.4 is 0 Å². The second kappa shape index (κ2) is 17.9. The fraction of sp³-hybridized carbons (Fsp3) is 0.0769. The van der Waals surface area contributed by atoms with E-state index in [1.165, 1.54) is 158 Å². The van der Waals surface area contributed by atoms with Crippen molar-refractivity contribution < 1.29 is 0 Å². The van der Waals surface area contributed by atoms with Gasteiger partial charge in [0.05, 0.1) is 11.0 Å². The summed E-state index contributed by atoms with van der Waals surface area (Å²) in [5.41, 5.74) is 17.1. The molecule has 0 bridgehead atoms. The molecule has 16 aromatic rings. The summed E-state index contributed by atoms with van der Waals surface area (Å²) in [5.74, 6) is 0. The minimum Gasteiger partial charge on any atom is -0.355 e. The van der Waals surface area contributed by atoms with E-state index in [0.29, 0.717) is 0 Å². The molecule has 2 heterocycles. The first-order valence-corrected chi connectivity index (χ1v) is 29.1. The lowest BCUT2D eigenvalue weighted by Crippen LogP contribution is -2.15. The summed E-state index contributed by atoms with van der Waals surface area (Å²) >= 11 is 3.68. The molecule has 18 rings (SSSR count). The highest BCUT2D eigenvalue weighted by molar-refractivity contribution is 9.10. The van der Waals surface area contributed by atoms with Gasteiger partial charge in [-0.2, -0.15) is 0 Å². The van der Waals surface area contributed by atoms with E-state index in [0.717, 1.165) is 4.47 Å². The average molecular weight is 1100 g/mol. The van der Waals surface area contributed by atoms with Crippen LogP contribution in [-0.2, 0) is 10.8 Å². The van der Waals surface area contributed by atoms with Gasteiger partial charge < -0.3 is 9.55 Å². The fourth-order valence-corrected chi connectivity index (χ4v) is 14.8. The van der Waals surface area contributed by atoms with Crippen LogP contribution in [-0.4, -0.2) is 9.55 Å². The Balaban J connectivity index is 0.000000114. The molecule has 0 fully saturated rings. The van der Waals surface area contributed by atoms with Gasteiger partial charge in [-0.3, -0.25) is 0 Å². The molecular formula is C78H55BrN2. The standard InChI is InChI=1S/C39H27N.C27H19Br.C12H9N/c1-39(2)35-20-19-24(40-37-17-9-7-15-29(37)30-16-8-10-18-38(30)40)21-33(35)34-22-31-27-13-5-3-11-25(27)26-12-4-6-14-28(26)32(31)23-36(34)39;1-27(2)25-12-11-16(28)13-23(25)24-14-21-19-9-5-3-7-17(19)18-8-4-6-10-20(18)22(21)15-26(24)27;1-3-7-11-9(5-1)10-6-2-4-8-12(10)13-11/h3-23H,1-2H3;3-15H,1-2H3;1-8,13H. The Kier molecular flexibility index (Phi) is 10.5. The highest BCUT2D eigenvalue weighted by Crippen LogP contribution is 2.54. The molecular weight excluding hydrogens is 1040 g/mol. The molecule has 0 aliphatic heterocycles. The Labute approximate surface area is 478 Å². The summed E-state index contributed by atoms with van der Waals surface area (Å²) < 4.78 is 3.57. The Hall–Kier alpha value is -9.28. The number of hydrogen-bond acceptors (Lipinski definition) is 0. The van der Waals surface area contributed by atoms with Gasteiger partial charge in [-0.15, -0.1) is 0 Å². The van der Waals surface area contributed by atoms with Crippen molar-refractivity contribution in [1.29, 1.82) is 0 Å². The van der Waals surface area contributed by atoms with Crippen LogP contribution in [0.25, 0.3) is 136 Å². The zero-order valence-corrected chi connectivity index (χ0v) is 47.2. The van der Waals surface area contributed by atoms with E-state index < -0.39 is 0 Å². The van der Waals surface area contributed by atoms with Crippen LogP contribution in [0.2, 0.25) is 0 Å². The first-order valence-electron chi connectivity index (χ1n) is 28.3. The molecule has 0 atom stereocenters. The van der Waals surface area contributed by atoms with Crippen LogP contribution in [0.4, 0.5) is 0 Å². The maximum absolute atomic E-state index is 3.68. The number of aromatic nitrogens is 2. The zero-order chi connectivity index (χ0) is 54.3. The highest BCUT2D eigenvalue weighted by Gasteiger charge is 2.38. The lowest BCUT2D eigenvalue weighted by molar-refractivity contribution is 0.661. The summed E-state index contributed by atoms with van der Waals surface area (Å²) in [6, 6.07) is 93.3. The summed E-state index contributed by atoms with van der Waals surface area (Å²) in [7, 11) is 0. The Morgan fingerprint density at radius 3 is 1.00 bits per heavy atom. The van der Waals surface area contributed by atoms with Gasteiger partial charge in [0.25, 0.3) is 0 Å². The highest BCUT2D eigenvalue weighted by atomic mass is 79.9. The Morgan fingerprint density at radius 2 is 0.580 bits per heavy atom. The molecule has 384 valence electrons. The number of fused-ring (bicyclic) bond motifs is 24. The molecule has 2 nitrogen and oxygen atoms in total. The molecule has 0 saturated heterocycles. The van der Waals surface area contributed by atoms with Crippen molar-refractivity contribution in [2.75, 3.05) is 0 Å². The smallest absolute Gasteiger partial charge is 0.0541 e. The minimum absolute atomic E-state index is 0.00626. The van der Waals surface area contributed by atoms with Crippen LogP contribution in [0.5, 0.6) is 0 Å². The molecule has 81 heavy (non-hydrogen) atoms. The van der Waals surface area contributed by atoms with Crippen LogP contribution >= 0.6 is 15.9 Å². The molecule has 2 aromatic heterocycles. The monoisotopic (exact) mass is 1100 g/mol. The number of nitrogens with zero attached hydrogens (tertiary/aromatic N) is 1. The maximum Gasteiger partial charge on any atom is 0.0541 e. The van der Waals surface area contributed by atoms with E-state index >= 15 is 0 Å². The van der Waals surface area contributed by atoms with E-state index in [2.05, 4.69) is 308 Å². The van der Waals surface area contributed by atoms with Gasteiger partial charge in [0, 0.05) is 53.6 Å². The van der Waals surface area contributed by atoms with Crippen molar-refractivity contribution in [3.8, 4) is 27.9 Å². The molecule has 0 radical (unpaired) electrons. The number of rotatable bonds is 1. The van der Waals surface area contributed by atoms with Gasteiger partial charge in [0.2, 0.25) is 0 Å². The number of H-pyrrole nitrogens is 1. The summed E-state index contributed by atoms with van der Waals surface area (Å²) in [6.07, 6.45) is 0. The lowest BCUT2D eigenvalue weighted by Gasteiger charge is -2.22. The largest absolute Gasteiger partial charge is 0.355 e.